The van der Waals surface area contributed by atoms with E-state index in [1.165, 1.54) is 0 Å². The molecule has 1 aromatic rings. The standard InChI is InChI=1S/C9H13ClN4.C4H4O4/c10-8-6-12-7-9(13-8)14-4-1-2-11-3-5-14;5-3(6)1-2-4(7)8/h6-7,11H,1-5H2;1-2H,(H,5,6)(H,7,8)/b;2-1+. The molecule has 0 spiro atoms. The number of carboxylic acids is 2. The lowest BCUT2D eigenvalue weighted by molar-refractivity contribution is -0.134. The summed E-state index contributed by atoms with van der Waals surface area (Å²) in [4.78, 5) is 29.6. The van der Waals surface area contributed by atoms with Gasteiger partial charge in [-0.3, -0.25) is 4.98 Å². The third kappa shape index (κ3) is 7.55. The van der Waals surface area contributed by atoms with Gasteiger partial charge in [0.2, 0.25) is 0 Å². The average molecular weight is 329 g/mol. The van der Waals surface area contributed by atoms with E-state index in [1.54, 1.807) is 12.4 Å². The molecule has 2 heterocycles. The summed E-state index contributed by atoms with van der Waals surface area (Å²) in [5.41, 5.74) is 0. The molecule has 0 radical (unpaired) electrons. The Morgan fingerprint density at radius 1 is 1.18 bits per heavy atom. The predicted molar refractivity (Wildman–Crippen MR) is 81.2 cm³/mol. The molecule has 0 aliphatic carbocycles. The summed E-state index contributed by atoms with van der Waals surface area (Å²) in [7, 11) is 0. The highest BCUT2D eigenvalue weighted by molar-refractivity contribution is 6.29. The number of hydrogen-bond acceptors (Lipinski definition) is 6. The highest BCUT2D eigenvalue weighted by atomic mass is 35.5. The van der Waals surface area contributed by atoms with Crippen molar-refractivity contribution >= 4 is 29.4 Å². The Morgan fingerprint density at radius 3 is 2.45 bits per heavy atom. The molecule has 22 heavy (non-hydrogen) atoms. The van der Waals surface area contributed by atoms with Crippen LogP contribution in [-0.2, 0) is 9.59 Å². The average Bonchev–Trinajstić information content (AvgIpc) is 2.75. The van der Waals surface area contributed by atoms with Crippen molar-refractivity contribution in [1.82, 2.24) is 15.3 Å². The highest BCUT2D eigenvalue weighted by Crippen LogP contribution is 2.13. The molecule has 0 amide bonds. The number of aromatic nitrogens is 2. The number of rotatable bonds is 3. The summed E-state index contributed by atoms with van der Waals surface area (Å²) in [5.74, 6) is -1.64. The molecule has 0 unspecified atom stereocenters. The first-order valence-corrected chi connectivity index (χ1v) is 6.94. The molecule has 0 atom stereocenters. The molecule has 1 aromatic heterocycles. The smallest absolute Gasteiger partial charge is 0.328 e. The zero-order valence-electron chi connectivity index (χ0n) is 11.8. The number of halogens is 1. The van der Waals surface area contributed by atoms with Crippen molar-refractivity contribution in [2.75, 3.05) is 31.1 Å². The molecule has 2 rings (SSSR count). The summed E-state index contributed by atoms with van der Waals surface area (Å²) < 4.78 is 0. The maximum Gasteiger partial charge on any atom is 0.328 e. The third-order valence-electron chi connectivity index (χ3n) is 2.62. The third-order valence-corrected chi connectivity index (χ3v) is 2.81. The van der Waals surface area contributed by atoms with Crippen molar-refractivity contribution in [2.45, 2.75) is 6.42 Å². The minimum Gasteiger partial charge on any atom is -0.478 e. The van der Waals surface area contributed by atoms with E-state index in [2.05, 4.69) is 20.2 Å². The Labute approximate surface area is 132 Å². The summed E-state index contributed by atoms with van der Waals surface area (Å²) in [6.45, 7) is 4.05. The van der Waals surface area contributed by atoms with Crippen molar-refractivity contribution in [3.8, 4) is 0 Å². The Kier molecular flexibility index (Phi) is 7.87. The van der Waals surface area contributed by atoms with E-state index in [9.17, 15) is 9.59 Å². The van der Waals surface area contributed by atoms with Gasteiger partial charge < -0.3 is 20.4 Å². The fraction of sp³-hybridized carbons (Fsp3) is 0.385. The van der Waals surface area contributed by atoms with Crippen molar-refractivity contribution in [2.24, 2.45) is 0 Å². The van der Waals surface area contributed by atoms with E-state index < -0.39 is 11.9 Å². The van der Waals surface area contributed by atoms with Gasteiger partial charge in [-0.25, -0.2) is 14.6 Å². The second kappa shape index (κ2) is 9.69. The highest BCUT2D eigenvalue weighted by Gasteiger charge is 2.10. The molecule has 8 nitrogen and oxygen atoms in total. The zero-order valence-corrected chi connectivity index (χ0v) is 12.5. The molecule has 1 saturated heterocycles. The normalized spacial score (nSPS) is 14.9. The molecule has 9 heteroatoms. The number of aliphatic carboxylic acids is 2. The Morgan fingerprint density at radius 2 is 1.86 bits per heavy atom. The van der Waals surface area contributed by atoms with Crippen LogP contribution in [0.3, 0.4) is 0 Å². The van der Waals surface area contributed by atoms with E-state index in [4.69, 9.17) is 21.8 Å². The van der Waals surface area contributed by atoms with Gasteiger partial charge in [0, 0.05) is 31.8 Å². The topological polar surface area (TPSA) is 116 Å². The van der Waals surface area contributed by atoms with Gasteiger partial charge in [0.1, 0.15) is 11.0 Å². The van der Waals surface area contributed by atoms with Crippen LogP contribution in [0.2, 0.25) is 5.15 Å². The van der Waals surface area contributed by atoms with Gasteiger partial charge in [-0.2, -0.15) is 0 Å². The Hall–Kier alpha value is -2.19. The Balaban J connectivity index is 0.000000261. The van der Waals surface area contributed by atoms with Gasteiger partial charge in [0.25, 0.3) is 0 Å². The summed E-state index contributed by atoms with van der Waals surface area (Å²) >= 11 is 5.79. The van der Waals surface area contributed by atoms with Crippen LogP contribution in [0.25, 0.3) is 0 Å². The number of carboxylic acid groups (broad SMARTS) is 2. The van der Waals surface area contributed by atoms with Crippen LogP contribution in [0.1, 0.15) is 6.42 Å². The van der Waals surface area contributed by atoms with Crippen LogP contribution in [-0.4, -0.2) is 58.3 Å². The SMILES string of the molecule is Clc1cncc(N2CCCNCC2)n1.O=C(O)/C=C/C(=O)O. The van der Waals surface area contributed by atoms with Crippen LogP contribution in [0, 0.1) is 0 Å². The molecule has 3 N–H and O–H groups in total. The second-order valence-corrected chi connectivity index (χ2v) is 4.69. The minimum atomic E-state index is -1.26. The quantitative estimate of drug-likeness (QED) is 0.692. The molecule has 120 valence electrons. The van der Waals surface area contributed by atoms with Gasteiger partial charge in [-0.05, 0) is 13.0 Å². The fourth-order valence-corrected chi connectivity index (χ4v) is 1.85. The molecular weight excluding hydrogens is 312 g/mol. The molecule has 1 fully saturated rings. The van der Waals surface area contributed by atoms with Crippen LogP contribution >= 0.6 is 11.6 Å². The van der Waals surface area contributed by atoms with E-state index in [-0.39, 0.29) is 0 Å². The van der Waals surface area contributed by atoms with E-state index >= 15 is 0 Å². The lowest BCUT2D eigenvalue weighted by atomic mass is 10.4. The minimum absolute atomic E-state index is 0.458. The van der Waals surface area contributed by atoms with Crippen molar-refractivity contribution in [3.05, 3.63) is 29.7 Å². The molecule has 0 saturated carbocycles. The number of carbonyl (C=O) groups is 2. The van der Waals surface area contributed by atoms with Crippen molar-refractivity contribution in [3.63, 3.8) is 0 Å². The van der Waals surface area contributed by atoms with Gasteiger partial charge >= 0.3 is 11.9 Å². The first-order chi connectivity index (χ1) is 10.5. The monoisotopic (exact) mass is 328 g/mol. The first kappa shape index (κ1) is 17.9. The summed E-state index contributed by atoms with van der Waals surface area (Å²) in [6.07, 6.45) is 5.57. The number of anilines is 1. The summed E-state index contributed by atoms with van der Waals surface area (Å²) in [5, 5.41) is 19.4. The Bertz CT molecular complexity index is 515. The van der Waals surface area contributed by atoms with E-state index in [1.807, 2.05) is 0 Å². The van der Waals surface area contributed by atoms with Gasteiger partial charge in [0.15, 0.2) is 0 Å². The van der Waals surface area contributed by atoms with E-state index in [0.717, 1.165) is 38.4 Å². The lowest BCUT2D eigenvalue weighted by Gasteiger charge is -2.20. The molecule has 0 aromatic carbocycles. The van der Waals surface area contributed by atoms with Crippen LogP contribution in [0.15, 0.2) is 24.5 Å². The van der Waals surface area contributed by atoms with Crippen LogP contribution < -0.4 is 10.2 Å². The van der Waals surface area contributed by atoms with Crippen molar-refractivity contribution < 1.29 is 19.8 Å². The first-order valence-electron chi connectivity index (χ1n) is 6.56. The lowest BCUT2D eigenvalue weighted by Crippen LogP contribution is -2.28. The van der Waals surface area contributed by atoms with Gasteiger partial charge in [-0.1, -0.05) is 11.6 Å². The van der Waals surface area contributed by atoms with Gasteiger partial charge in [0.05, 0.1) is 12.4 Å². The van der Waals surface area contributed by atoms with Crippen LogP contribution in [0.4, 0.5) is 5.82 Å². The molecule has 1 aliphatic heterocycles. The maximum atomic E-state index is 9.55. The van der Waals surface area contributed by atoms with Crippen LogP contribution in [0.5, 0.6) is 0 Å². The number of nitrogens with one attached hydrogen (secondary N) is 1. The second-order valence-electron chi connectivity index (χ2n) is 4.30. The number of nitrogens with zero attached hydrogens (tertiary/aromatic N) is 3. The predicted octanol–water partition coefficient (Wildman–Crippen LogP) is 0.641. The number of hydrogen-bond donors (Lipinski definition) is 3. The maximum absolute atomic E-state index is 9.55. The largest absolute Gasteiger partial charge is 0.478 e. The van der Waals surface area contributed by atoms with E-state index in [0.29, 0.717) is 17.3 Å². The zero-order chi connectivity index (χ0) is 16.4. The van der Waals surface area contributed by atoms with Gasteiger partial charge in [-0.15, -0.1) is 0 Å². The molecular formula is C13H17ClN4O4. The fourth-order valence-electron chi connectivity index (χ4n) is 1.70. The van der Waals surface area contributed by atoms with Crippen molar-refractivity contribution in [1.29, 1.82) is 0 Å². The summed E-state index contributed by atoms with van der Waals surface area (Å²) in [6, 6.07) is 0. The molecule has 0 bridgehead atoms. The molecule has 1 aliphatic rings.